The molecule has 1 fully saturated rings. The monoisotopic (exact) mass is 195 g/mol. The minimum Gasteiger partial charge on any atom is -0.476 e. The van der Waals surface area contributed by atoms with Gasteiger partial charge in [0.05, 0.1) is 0 Å². The van der Waals surface area contributed by atoms with Crippen molar-refractivity contribution in [3.05, 3.63) is 11.8 Å². The highest BCUT2D eigenvalue weighted by Crippen LogP contribution is 2.20. The lowest BCUT2D eigenvalue weighted by atomic mass is 10.4. The summed E-state index contributed by atoms with van der Waals surface area (Å²) >= 11 is 0. The standard InChI is InChI=1S/C9H13N3O2/c1-11-8(12-4-2-3-5-12)6-7(10-11)9(13)14/h6H,2-5H2,1H3,(H,13,14). The molecular weight excluding hydrogens is 182 g/mol. The molecule has 0 saturated carbocycles. The zero-order chi connectivity index (χ0) is 10.1. The van der Waals surface area contributed by atoms with E-state index in [1.807, 2.05) is 0 Å². The van der Waals surface area contributed by atoms with E-state index in [1.165, 1.54) is 12.8 Å². The molecule has 0 amide bonds. The van der Waals surface area contributed by atoms with Gasteiger partial charge in [-0.25, -0.2) is 4.79 Å². The molecule has 1 aliphatic heterocycles. The number of carboxylic acids is 1. The van der Waals surface area contributed by atoms with E-state index < -0.39 is 5.97 Å². The minimum absolute atomic E-state index is 0.120. The van der Waals surface area contributed by atoms with Crippen molar-refractivity contribution in [1.29, 1.82) is 0 Å². The number of carboxylic acid groups (broad SMARTS) is 1. The van der Waals surface area contributed by atoms with Crippen molar-refractivity contribution in [2.24, 2.45) is 7.05 Å². The molecular formula is C9H13N3O2. The highest BCUT2D eigenvalue weighted by atomic mass is 16.4. The zero-order valence-electron chi connectivity index (χ0n) is 8.10. The SMILES string of the molecule is Cn1nc(C(=O)O)cc1N1CCCC1. The van der Waals surface area contributed by atoms with E-state index in [4.69, 9.17) is 5.11 Å². The summed E-state index contributed by atoms with van der Waals surface area (Å²) in [6.07, 6.45) is 2.35. The van der Waals surface area contributed by atoms with Gasteiger partial charge in [0.15, 0.2) is 5.69 Å². The molecule has 1 aromatic rings. The maximum atomic E-state index is 10.7. The average molecular weight is 195 g/mol. The summed E-state index contributed by atoms with van der Waals surface area (Å²) in [7, 11) is 1.78. The largest absolute Gasteiger partial charge is 0.476 e. The zero-order valence-corrected chi connectivity index (χ0v) is 8.10. The van der Waals surface area contributed by atoms with Gasteiger partial charge in [0, 0.05) is 26.2 Å². The first-order valence-corrected chi connectivity index (χ1v) is 4.71. The Labute approximate surface area is 81.9 Å². The van der Waals surface area contributed by atoms with E-state index >= 15 is 0 Å². The smallest absolute Gasteiger partial charge is 0.356 e. The minimum atomic E-state index is -0.967. The third kappa shape index (κ3) is 1.45. The number of aromatic nitrogens is 2. The van der Waals surface area contributed by atoms with Crippen molar-refractivity contribution in [3.63, 3.8) is 0 Å². The van der Waals surface area contributed by atoms with Crippen LogP contribution in [0.5, 0.6) is 0 Å². The van der Waals surface area contributed by atoms with E-state index in [9.17, 15) is 4.79 Å². The summed E-state index contributed by atoms with van der Waals surface area (Å²) in [4.78, 5) is 12.9. The maximum Gasteiger partial charge on any atom is 0.356 e. The molecule has 0 unspecified atom stereocenters. The Morgan fingerprint density at radius 3 is 2.64 bits per heavy atom. The van der Waals surface area contributed by atoms with Crippen LogP contribution in [-0.4, -0.2) is 33.9 Å². The Balaban J connectivity index is 2.28. The van der Waals surface area contributed by atoms with Gasteiger partial charge < -0.3 is 10.0 Å². The van der Waals surface area contributed by atoms with Crippen LogP contribution in [0.15, 0.2) is 6.07 Å². The Hall–Kier alpha value is -1.52. The highest BCUT2D eigenvalue weighted by molar-refractivity contribution is 5.86. The molecule has 0 radical (unpaired) electrons. The van der Waals surface area contributed by atoms with Gasteiger partial charge in [0.25, 0.3) is 0 Å². The molecule has 0 aromatic carbocycles. The molecule has 2 heterocycles. The van der Waals surface area contributed by atoms with Crippen LogP contribution < -0.4 is 4.90 Å². The second-order valence-corrected chi connectivity index (χ2v) is 3.51. The third-order valence-electron chi connectivity index (χ3n) is 2.50. The number of anilines is 1. The lowest BCUT2D eigenvalue weighted by molar-refractivity contribution is 0.0689. The van der Waals surface area contributed by atoms with Crippen LogP contribution >= 0.6 is 0 Å². The molecule has 1 saturated heterocycles. The predicted molar refractivity (Wildman–Crippen MR) is 51.6 cm³/mol. The van der Waals surface area contributed by atoms with Crippen molar-refractivity contribution in [1.82, 2.24) is 9.78 Å². The molecule has 0 aliphatic carbocycles. The summed E-state index contributed by atoms with van der Waals surface area (Å²) < 4.78 is 1.63. The molecule has 0 bridgehead atoms. The van der Waals surface area contributed by atoms with Crippen LogP contribution in [0.3, 0.4) is 0 Å². The topological polar surface area (TPSA) is 58.4 Å². The number of carbonyl (C=O) groups is 1. The van der Waals surface area contributed by atoms with Crippen molar-refractivity contribution in [3.8, 4) is 0 Å². The van der Waals surface area contributed by atoms with Crippen LogP contribution in [0.1, 0.15) is 23.3 Å². The van der Waals surface area contributed by atoms with Gasteiger partial charge in [-0.15, -0.1) is 0 Å². The van der Waals surface area contributed by atoms with Crippen molar-refractivity contribution >= 4 is 11.8 Å². The molecule has 1 aliphatic rings. The van der Waals surface area contributed by atoms with Crippen molar-refractivity contribution in [2.45, 2.75) is 12.8 Å². The first-order chi connectivity index (χ1) is 6.68. The molecule has 0 atom stereocenters. The van der Waals surface area contributed by atoms with Crippen LogP contribution in [0.25, 0.3) is 0 Å². The van der Waals surface area contributed by atoms with Crippen LogP contribution in [0.4, 0.5) is 5.82 Å². The molecule has 76 valence electrons. The third-order valence-corrected chi connectivity index (χ3v) is 2.50. The summed E-state index contributed by atoms with van der Waals surface area (Å²) in [5.41, 5.74) is 0.120. The van der Waals surface area contributed by atoms with Gasteiger partial charge in [-0.05, 0) is 12.8 Å². The Kier molecular flexibility index (Phi) is 2.15. The fraction of sp³-hybridized carbons (Fsp3) is 0.556. The van der Waals surface area contributed by atoms with Crippen molar-refractivity contribution < 1.29 is 9.90 Å². The summed E-state index contributed by atoms with van der Waals surface area (Å²) in [6.45, 7) is 2.00. The van der Waals surface area contributed by atoms with E-state index in [2.05, 4.69) is 10.00 Å². The molecule has 5 nitrogen and oxygen atoms in total. The number of rotatable bonds is 2. The van der Waals surface area contributed by atoms with Crippen LogP contribution in [0, 0.1) is 0 Å². The molecule has 1 N–H and O–H groups in total. The number of nitrogens with zero attached hydrogens (tertiary/aromatic N) is 3. The van der Waals surface area contributed by atoms with Gasteiger partial charge in [-0.3, -0.25) is 4.68 Å². The van der Waals surface area contributed by atoms with Gasteiger partial charge >= 0.3 is 5.97 Å². The van der Waals surface area contributed by atoms with Crippen LogP contribution in [-0.2, 0) is 7.05 Å². The van der Waals surface area contributed by atoms with E-state index in [-0.39, 0.29) is 5.69 Å². The molecule has 14 heavy (non-hydrogen) atoms. The van der Waals surface area contributed by atoms with Gasteiger partial charge in [-0.1, -0.05) is 0 Å². The summed E-state index contributed by atoms with van der Waals surface area (Å²) in [5, 5.41) is 12.7. The number of hydrogen-bond donors (Lipinski definition) is 1. The second-order valence-electron chi connectivity index (χ2n) is 3.51. The lowest BCUT2D eigenvalue weighted by Gasteiger charge is -2.16. The second kappa shape index (κ2) is 3.32. The maximum absolute atomic E-state index is 10.7. The van der Waals surface area contributed by atoms with Crippen LogP contribution in [0.2, 0.25) is 0 Å². The van der Waals surface area contributed by atoms with E-state index in [0.717, 1.165) is 18.9 Å². The Bertz CT molecular complexity index is 353. The first kappa shape index (κ1) is 9.05. The molecule has 5 heteroatoms. The van der Waals surface area contributed by atoms with Gasteiger partial charge in [-0.2, -0.15) is 5.10 Å². The van der Waals surface area contributed by atoms with Gasteiger partial charge in [0.1, 0.15) is 5.82 Å². The number of aryl methyl sites for hydroxylation is 1. The normalized spacial score (nSPS) is 16.2. The number of hydrogen-bond acceptors (Lipinski definition) is 3. The first-order valence-electron chi connectivity index (χ1n) is 4.71. The number of aromatic carboxylic acids is 1. The summed E-state index contributed by atoms with van der Waals surface area (Å²) in [5.74, 6) is -0.0639. The molecule has 1 aromatic heterocycles. The lowest BCUT2D eigenvalue weighted by Crippen LogP contribution is -2.20. The van der Waals surface area contributed by atoms with Crippen molar-refractivity contribution in [2.75, 3.05) is 18.0 Å². The van der Waals surface area contributed by atoms with Gasteiger partial charge in [0.2, 0.25) is 0 Å². The highest BCUT2D eigenvalue weighted by Gasteiger charge is 2.18. The molecule has 0 spiro atoms. The molecule has 2 rings (SSSR count). The fourth-order valence-electron chi connectivity index (χ4n) is 1.80. The Morgan fingerprint density at radius 2 is 2.14 bits per heavy atom. The quantitative estimate of drug-likeness (QED) is 0.755. The Morgan fingerprint density at radius 1 is 1.50 bits per heavy atom. The summed E-state index contributed by atoms with van der Waals surface area (Å²) in [6, 6.07) is 1.63. The average Bonchev–Trinajstić information content (AvgIpc) is 2.71. The van der Waals surface area contributed by atoms with E-state index in [0.29, 0.717) is 0 Å². The fourth-order valence-corrected chi connectivity index (χ4v) is 1.80. The predicted octanol–water partition coefficient (Wildman–Crippen LogP) is 0.719. The van der Waals surface area contributed by atoms with E-state index in [1.54, 1.807) is 17.8 Å².